The Balaban J connectivity index is 1.68. The Hall–Kier alpha value is -4.18. The van der Waals surface area contributed by atoms with E-state index >= 15 is 0 Å². The standard InChI is InChI=1S/C28H25F3N2O5/c29-19-9-8-17(22(31)12-19)10-16-11-20(28(38)33(14-16)15-18-4-1-2-5-21(18)30)25(35)13-26(36)27(37)32-23-6-3-7-24(23)34/h1-2,4-5,8-9,11-14,23-24,34,36H,3,6-7,10,15H2,(H,32,37)/b26-13-/t23-,24-/m1/s1. The number of hydrogen-bond acceptors (Lipinski definition) is 5. The maximum absolute atomic E-state index is 14.3. The van der Waals surface area contributed by atoms with E-state index in [4.69, 9.17) is 0 Å². The summed E-state index contributed by atoms with van der Waals surface area (Å²) in [6.07, 6.45) is 2.73. The van der Waals surface area contributed by atoms with E-state index in [0.717, 1.165) is 10.6 Å². The van der Waals surface area contributed by atoms with Crippen LogP contribution in [0.3, 0.4) is 0 Å². The minimum atomic E-state index is -1.00. The predicted octanol–water partition coefficient (Wildman–Crippen LogP) is 3.56. The van der Waals surface area contributed by atoms with Gasteiger partial charge in [-0.3, -0.25) is 14.4 Å². The van der Waals surface area contributed by atoms with Gasteiger partial charge in [0, 0.05) is 30.3 Å². The van der Waals surface area contributed by atoms with Crippen molar-refractivity contribution in [3.63, 3.8) is 0 Å². The number of hydrogen-bond donors (Lipinski definition) is 3. The first-order chi connectivity index (χ1) is 18.1. The minimum absolute atomic E-state index is 0.0915. The molecule has 10 heteroatoms. The highest BCUT2D eigenvalue weighted by Crippen LogP contribution is 2.19. The number of pyridine rings is 1. The first-order valence-electron chi connectivity index (χ1n) is 12.0. The van der Waals surface area contributed by atoms with E-state index in [-0.39, 0.29) is 29.7 Å². The topological polar surface area (TPSA) is 109 Å². The minimum Gasteiger partial charge on any atom is -0.503 e. The molecule has 2 aromatic carbocycles. The number of benzene rings is 2. The van der Waals surface area contributed by atoms with Gasteiger partial charge in [0.2, 0.25) is 0 Å². The third-order valence-electron chi connectivity index (χ3n) is 6.41. The maximum Gasteiger partial charge on any atom is 0.286 e. The molecule has 0 aliphatic heterocycles. The van der Waals surface area contributed by atoms with Crippen LogP contribution in [0.5, 0.6) is 0 Å². The molecule has 0 radical (unpaired) electrons. The molecule has 1 aliphatic rings. The molecule has 1 amide bonds. The summed E-state index contributed by atoms with van der Waals surface area (Å²) in [6, 6.07) is 9.35. The summed E-state index contributed by atoms with van der Waals surface area (Å²) in [6.45, 7) is -0.249. The van der Waals surface area contributed by atoms with Crippen molar-refractivity contribution >= 4 is 11.7 Å². The van der Waals surface area contributed by atoms with Gasteiger partial charge in [0.15, 0.2) is 11.5 Å². The van der Waals surface area contributed by atoms with Crippen LogP contribution in [0.4, 0.5) is 13.2 Å². The van der Waals surface area contributed by atoms with Crippen LogP contribution in [-0.4, -0.2) is 38.6 Å². The van der Waals surface area contributed by atoms with Gasteiger partial charge in [-0.25, -0.2) is 13.2 Å². The zero-order valence-corrected chi connectivity index (χ0v) is 20.2. The Morgan fingerprint density at radius 1 is 1.03 bits per heavy atom. The summed E-state index contributed by atoms with van der Waals surface area (Å²) < 4.78 is 43.0. The van der Waals surface area contributed by atoms with Gasteiger partial charge in [0.05, 0.1) is 24.3 Å². The Bertz CT molecular complexity index is 1470. The second-order valence-corrected chi connectivity index (χ2v) is 9.17. The summed E-state index contributed by atoms with van der Waals surface area (Å²) in [5, 5.41) is 22.5. The molecule has 0 saturated heterocycles. The molecular formula is C28H25F3N2O5. The fourth-order valence-electron chi connectivity index (χ4n) is 4.40. The van der Waals surface area contributed by atoms with Crippen molar-refractivity contribution in [1.29, 1.82) is 0 Å². The van der Waals surface area contributed by atoms with Crippen molar-refractivity contribution in [3.8, 4) is 0 Å². The van der Waals surface area contributed by atoms with Gasteiger partial charge >= 0.3 is 0 Å². The summed E-state index contributed by atoms with van der Waals surface area (Å²) in [5.74, 6) is -5.11. The van der Waals surface area contributed by atoms with Crippen LogP contribution in [0.2, 0.25) is 0 Å². The largest absolute Gasteiger partial charge is 0.503 e. The fraction of sp³-hybridized carbons (Fsp3) is 0.250. The molecule has 38 heavy (non-hydrogen) atoms. The lowest BCUT2D eigenvalue weighted by Crippen LogP contribution is -2.40. The Morgan fingerprint density at radius 3 is 2.47 bits per heavy atom. The number of halogens is 3. The van der Waals surface area contributed by atoms with Gasteiger partial charge in [0.1, 0.15) is 17.5 Å². The maximum atomic E-state index is 14.3. The van der Waals surface area contributed by atoms with Gasteiger partial charge in [0.25, 0.3) is 11.5 Å². The molecule has 1 saturated carbocycles. The summed E-state index contributed by atoms with van der Waals surface area (Å²) in [5.41, 5.74) is -0.736. The number of aliphatic hydroxyl groups excluding tert-OH is 2. The predicted molar refractivity (Wildman–Crippen MR) is 132 cm³/mol. The monoisotopic (exact) mass is 526 g/mol. The summed E-state index contributed by atoms with van der Waals surface area (Å²) >= 11 is 0. The fourth-order valence-corrected chi connectivity index (χ4v) is 4.40. The Kier molecular flexibility index (Phi) is 8.11. The van der Waals surface area contributed by atoms with Crippen LogP contribution in [0, 0.1) is 17.5 Å². The first-order valence-corrected chi connectivity index (χ1v) is 12.0. The lowest BCUT2D eigenvalue weighted by molar-refractivity contribution is -0.121. The normalized spacial score (nSPS) is 17.4. The molecule has 1 heterocycles. The number of carbonyl (C=O) groups is 2. The van der Waals surface area contributed by atoms with E-state index in [1.165, 1.54) is 36.5 Å². The molecule has 3 aromatic rings. The third-order valence-corrected chi connectivity index (χ3v) is 6.41. The van der Waals surface area contributed by atoms with Gasteiger partial charge in [-0.1, -0.05) is 24.3 Å². The number of rotatable bonds is 8. The van der Waals surface area contributed by atoms with Crippen molar-refractivity contribution in [1.82, 2.24) is 9.88 Å². The number of ketones is 1. The molecule has 0 bridgehead atoms. The van der Waals surface area contributed by atoms with Gasteiger partial charge < -0.3 is 20.1 Å². The second kappa shape index (κ2) is 11.5. The van der Waals surface area contributed by atoms with Gasteiger partial charge in [-0.05, 0) is 48.6 Å². The number of nitrogens with one attached hydrogen (secondary N) is 1. The highest BCUT2D eigenvalue weighted by Gasteiger charge is 2.28. The van der Waals surface area contributed by atoms with Crippen molar-refractivity contribution in [2.45, 2.75) is 44.4 Å². The molecule has 0 unspecified atom stereocenters. The number of carbonyl (C=O) groups excluding carboxylic acids is 2. The van der Waals surface area contributed by atoms with E-state index < -0.39 is 58.2 Å². The van der Waals surface area contributed by atoms with E-state index in [1.54, 1.807) is 6.07 Å². The molecule has 198 valence electrons. The van der Waals surface area contributed by atoms with E-state index in [2.05, 4.69) is 5.32 Å². The Morgan fingerprint density at radius 2 is 1.79 bits per heavy atom. The molecule has 4 rings (SSSR count). The van der Waals surface area contributed by atoms with Crippen molar-refractivity contribution in [2.24, 2.45) is 0 Å². The van der Waals surface area contributed by atoms with Crippen molar-refractivity contribution < 1.29 is 33.0 Å². The molecular weight excluding hydrogens is 501 g/mol. The molecule has 1 aromatic heterocycles. The number of amides is 1. The molecule has 3 N–H and O–H groups in total. The van der Waals surface area contributed by atoms with Crippen LogP contribution >= 0.6 is 0 Å². The smallest absolute Gasteiger partial charge is 0.286 e. The highest BCUT2D eigenvalue weighted by atomic mass is 19.1. The lowest BCUT2D eigenvalue weighted by Gasteiger charge is -2.15. The van der Waals surface area contributed by atoms with Gasteiger partial charge in [-0.15, -0.1) is 0 Å². The van der Waals surface area contributed by atoms with E-state index in [0.29, 0.717) is 31.4 Å². The SMILES string of the molecule is O=C(N[C@@H]1CCC[C@H]1O)/C(O)=C/C(=O)c1cc(Cc2ccc(F)cc2F)cn(Cc2ccccc2F)c1=O. The van der Waals surface area contributed by atoms with Crippen LogP contribution in [-0.2, 0) is 17.8 Å². The second-order valence-electron chi connectivity index (χ2n) is 9.17. The number of aliphatic hydroxyl groups is 2. The third kappa shape index (κ3) is 6.20. The average Bonchev–Trinajstić information content (AvgIpc) is 3.27. The van der Waals surface area contributed by atoms with Crippen LogP contribution in [0.15, 0.2) is 71.4 Å². The molecule has 7 nitrogen and oxygen atoms in total. The molecule has 2 atom stereocenters. The zero-order valence-electron chi connectivity index (χ0n) is 20.2. The number of aromatic nitrogens is 1. The quantitative estimate of drug-likeness (QED) is 0.236. The molecule has 1 fully saturated rings. The van der Waals surface area contributed by atoms with E-state index in [9.17, 15) is 37.8 Å². The summed E-state index contributed by atoms with van der Waals surface area (Å²) in [4.78, 5) is 38.5. The van der Waals surface area contributed by atoms with Gasteiger partial charge in [-0.2, -0.15) is 0 Å². The highest BCUT2D eigenvalue weighted by molar-refractivity contribution is 6.08. The number of allylic oxidation sites excluding steroid dienone is 1. The van der Waals surface area contributed by atoms with Crippen molar-refractivity contribution in [3.05, 3.63) is 117 Å². The average molecular weight is 527 g/mol. The zero-order chi connectivity index (χ0) is 27.4. The Labute approximate surface area is 215 Å². The van der Waals surface area contributed by atoms with Crippen LogP contribution in [0.25, 0.3) is 0 Å². The lowest BCUT2D eigenvalue weighted by atomic mass is 10.0. The van der Waals surface area contributed by atoms with Crippen LogP contribution < -0.4 is 10.9 Å². The number of nitrogens with zero attached hydrogens (tertiary/aromatic N) is 1. The molecule has 1 aliphatic carbocycles. The summed E-state index contributed by atoms with van der Waals surface area (Å²) in [7, 11) is 0. The molecule has 0 spiro atoms. The van der Waals surface area contributed by atoms with Crippen molar-refractivity contribution in [2.75, 3.05) is 0 Å². The van der Waals surface area contributed by atoms with Crippen LogP contribution in [0.1, 0.15) is 46.3 Å². The van der Waals surface area contributed by atoms with E-state index in [1.807, 2.05) is 0 Å². The first kappa shape index (κ1) is 26.9.